The van der Waals surface area contributed by atoms with Crippen LogP contribution in [0.4, 0.5) is 0 Å². The maximum Gasteiger partial charge on any atom is 0.250 e. The Morgan fingerprint density at radius 3 is 2.89 bits per heavy atom. The molecule has 0 saturated heterocycles. The van der Waals surface area contributed by atoms with Crippen LogP contribution in [0.25, 0.3) is 10.6 Å². The van der Waals surface area contributed by atoms with Crippen molar-refractivity contribution in [2.24, 2.45) is 5.10 Å². The number of hydrogen-bond donors (Lipinski definition) is 1. The van der Waals surface area contributed by atoms with Gasteiger partial charge in [0.1, 0.15) is 10.8 Å². The first kappa shape index (κ1) is 19.1. The number of nitrogens with zero attached hydrogens (tertiary/aromatic N) is 3. The molecule has 0 aliphatic carbocycles. The van der Waals surface area contributed by atoms with Crippen molar-refractivity contribution in [3.8, 4) is 16.3 Å². The number of nitrogens with one attached hydrogen (secondary N) is 1. The first-order chi connectivity index (χ1) is 13.2. The second kappa shape index (κ2) is 9.84. The van der Waals surface area contributed by atoms with Crippen LogP contribution in [0.2, 0.25) is 0 Å². The molecule has 1 N–H and O–H groups in total. The number of aromatic nitrogens is 2. The minimum absolute atomic E-state index is 0.200. The van der Waals surface area contributed by atoms with Gasteiger partial charge in [-0.2, -0.15) is 5.10 Å². The van der Waals surface area contributed by atoms with E-state index in [2.05, 4.69) is 20.7 Å². The smallest absolute Gasteiger partial charge is 0.250 e. The Bertz CT molecular complexity index is 913. The number of hydrazone groups is 1. The molecule has 6 nitrogen and oxygen atoms in total. The third-order valence-electron chi connectivity index (χ3n) is 3.33. The van der Waals surface area contributed by atoms with Crippen LogP contribution in [-0.4, -0.2) is 34.7 Å². The Morgan fingerprint density at radius 1 is 1.22 bits per heavy atom. The van der Waals surface area contributed by atoms with Crippen molar-refractivity contribution in [1.82, 2.24) is 15.6 Å². The molecule has 0 bridgehead atoms. The quantitative estimate of drug-likeness (QED) is 0.354. The van der Waals surface area contributed by atoms with Gasteiger partial charge in [0.05, 0.1) is 18.6 Å². The number of carbonyl (C=O) groups is 1. The van der Waals surface area contributed by atoms with Gasteiger partial charge in [0, 0.05) is 5.56 Å². The number of ether oxygens (including phenoxy) is 1. The molecule has 27 heavy (non-hydrogen) atoms. The van der Waals surface area contributed by atoms with E-state index >= 15 is 0 Å². The van der Waals surface area contributed by atoms with Gasteiger partial charge in [-0.1, -0.05) is 65.6 Å². The molecule has 8 heteroatoms. The van der Waals surface area contributed by atoms with Crippen LogP contribution in [-0.2, 0) is 4.79 Å². The molecule has 1 aromatic heterocycles. The molecule has 3 rings (SSSR count). The Kier molecular flexibility index (Phi) is 6.95. The van der Waals surface area contributed by atoms with E-state index in [0.717, 1.165) is 26.2 Å². The van der Waals surface area contributed by atoms with Crippen molar-refractivity contribution in [2.75, 3.05) is 12.4 Å². The van der Waals surface area contributed by atoms with Crippen LogP contribution in [0, 0.1) is 0 Å². The predicted octanol–water partition coefficient (Wildman–Crippen LogP) is 3.85. The molecule has 0 aliphatic heterocycles. The molecule has 0 radical (unpaired) electrons. The summed E-state index contributed by atoms with van der Waals surface area (Å²) < 4.78 is 6.18. The average Bonchev–Trinajstić information content (AvgIpc) is 3.17. The summed E-state index contributed by atoms with van der Waals surface area (Å²) in [5.41, 5.74) is 4.39. The average molecular weight is 399 g/mol. The van der Waals surface area contributed by atoms with Crippen LogP contribution in [0.5, 0.6) is 5.75 Å². The molecule has 0 spiro atoms. The van der Waals surface area contributed by atoms with Crippen molar-refractivity contribution >= 4 is 35.2 Å². The lowest BCUT2D eigenvalue weighted by Crippen LogP contribution is -2.19. The van der Waals surface area contributed by atoms with Crippen LogP contribution >= 0.6 is 23.1 Å². The topological polar surface area (TPSA) is 76.5 Å². The zero-order valence-corrected chi connectivity index (χ0v) is 16.3. The molecule has 138 valence electrons. The minimum atomic E-state index is -0.200. The van der Waals surface area contributed by atoms with Crippen LogP contribution in [0.15, 0.2) is 64.0 Å². The summed E-state index contributed by atoms with van der Waals surface area (Å²) in [4.78, 5) is 11.9. The lowest BCUT2D eigenvalue weighted by atomic mass is 10.2. The number of hydrogen-bond acceptors (Lipinski definition) is 7. The van der Waals surface area contributed by atoms with E-state index in [-0.39, 0.29) is 11.7 Å². The fourth-order valence-corrected chi connectivity index (χ4v) is 3.80. The monoisotopic (exact) mass is 398 g/mol. The lowest BCUT2D eigenvalue weighted by Gasteiger charge is -2.02. The molecule has 3 aromatic rings. The molecular formula is C19H18N4O2S2. The highest BCUT2D eigenvalue weighted by Gasteiger charge is 2.09. The van der Waals surface area contributed by atoms with E-state index in [1.165, 1.54) is 23.1 Å². The second-order valence-corrected chi connectivity index (χ2v) is 7.53. The van der Waals surface area contributed by atoms with Gasteiger partial charge in [0.2, 0.25) is 0 Å². The molecular weight excluding hydrogens is 380 g/mol. The standard InChI is InChI=1S/C19H18N4O2S2/c1-2-25-16-10-6-7-14(11-16)12-20-21-17(24)13-26-19-23-22-18(27-19)15-8-4-3-5-9-15/h3-12H,2,13H2,1H3,(H,21,24). The highest BCUT2D eigenvalue weighted by atomic mass is 32.2. The van der Waals surface area contributed by atoms with Crippen molar-refractivity contribution in [3.63, 3.8) is 0 Å². The third-order valence-corrected chi connectivity index (χ3v) is 5.43. The van der Waals surface area contributed by atoms with E-state index in [1.807, 2.05) is 61.5 Å². The van der Waals surface area contributed by atoms with E-state index in [9.17, 15) is 4.79 Å². The molecule has 0 atom stereocenters. The van der Waals surface area contributed by atoms with E-state index in [0.29, 0.717) is 6.61 Å². The summed E-state index contributed by atoms with van der Waals surface area (Å²) in [5, 5.41) is 13.1. The van der Waals surface area contributed by atoms with Crippen LogP contribution in [0.1, 0.15) is 12.5 Å². The Morgan fingerprint density at radius 2 is 2.07 bits per heavy atom. The zero-order chi connectivity index (χ0) is 18.9. The maximum atomic E-state index is 11.9. The van der Waals surface area contributed by atoms with Gasteiger partial charge in [-0.15, -0.1) is 10.2 Å². The lowest BCUT2D eigenvalue weighted by molar-refractivity contribution is -0.118. The summed E-state index contributed by atoms with van der Waals surface area (Å²) in [5.74, 6) is 0.794. The number of rotatable bonds is 8. The van der Waals surface area contributed by atoms with Crippen LogP contribution < -0.4 is 10.2 Å². The number of thioether (sulfide) groups is 1. The predicted molar refractivity (Wildman–Crippen MR) is 109 cm³/mol. The molecule has 0 aliphatic rings. The first-order valence-electron chi connectivity index (χ1n) is 8.31. The fraction of sp³-hybridized carbons (Fsp3) is 0.158. The summed E-state index contributed by atoms with van der Waals surface area (Å²) in [7, 11) is 0. The molecule has 1 heterocycles. The summed E-state index contributed by atoms with van der Waals surface area (Å²) in [6.45, 7) is 2.53. The normalized spacial score (nSPS) is 10.9. The van der Waals surface area contributed by atoms with Gasteiger partial charge in [0.15, 0.2) is 4.34 Å². The van der Waals surface area contributed by atoms with E-state index < -0.39 is 0 Å². The summed E-state index contributed by atoms with van der Waals surface area (Å²) in [6.07, 6.45) is 1.59. The SMILES string of the molecule is CCOc1cccc(C=NNC(=O)CSc2nnc(-c3ccccc3)s2)c1. The van der Waals surface area contributed by atoms with Gasteiger partial charge in [-0.05, 0) is 24.6 Å². The Balaban J connectivity index is 1.47. The van der Waals surface area contributed by atoms with E-state index in [1.54, 1.807) is 6.21 Å². The van der Waals surface area contributed by atoms with E-state index in [4.69, 9.17) is 4.74 Å². The molecule has 0 unspecified atom stereocenters. The Hall–Kier alpha value is -2.71. The molecule has 1 amide bonds. The van der Waals surface area contributed by atoms with Gasteiger partial charge < -0.3 is 4.74 Å². The third kappa shape index (κ3) is 5.90. The zero-order valence-electron chi connectivity index (χ0n) is 14.7. The first-order valence-corrected chi connectivity index (χ1v) is 10.1. The highest BCUT2D eigenvalue weighted by Crippen LogP contribution is 2.28. The summed E-state index contributed by atoms with van der Waals surface area (Å²) in [6, 6.07) is 17.3. The van der Waals surface area contributed by atoms with Gasteiger partial charge in [0.25, 0.3) is 5.91 Å². The number of benzene rings is 2. The van der Waals surface area contributed by atoms with Crippen molar-refractivity contribution < 1.29 is 9.53 Å². The molecule has 0 saturated carbocycles. The number of carbonyl (C=O) groups excluding carboxylic acids is 1. The fourth-order valence-electron chi connectivity index (χ4n) is 2.16. The van der Waals surface area contributed by atoms with Crippen molar-refractivity contribution in [3.05, 3.63) is 60.2 Å². The summed E-state index contributed by atoms with van der Waals surface area (Å²) >= 11 is 2.80. The van der Waals surface area contributed by atoms with Gasteiger partial charge in [-0.25, -0.2) is 5.43 Å². The molecule has 0 fully saturated rings. The highest BCUT2D eigenvalue weighted by molar-refractivity contribution is 8.01. The molecule has 2 aromatic carbocycles. The maximum absolute atomic E-state index is 11.9. The minimum Gasteiger partial charge on any atom is -0.494 e. The second-order valence-electron chi connectivity index (χ2n) is 5.33. The number of amides is 1. The Labute approximate surface area is 165 Å². The van der Waals surface area contributed by atoms with Crippen molar-refractivity contribution in [1.29, 1.82) is 0 Å². The van der Waals surface area contributed by atoms with Crippen LogP contribution in [0.3, 0.4) is 0 Å². The van der Waals surface area contributed by atoms with Gasteiger partial charge in [-0.3, -0.25) is 4.79 Å². The van der Waals surface area contributed by atoms with Crippen molar-refractivity contribution in [2.45, 2.75) is 11.3 Å². The van der Waals surface area contributed by atoms with Gasteiger partial charge >= 0.3 is 0 Å². The largest absolute Gasteiger partial charge is 0.494 e.